The zero-order chi connectivity index (χ0) is 18.4. The van der Waals surface area contributed by atoms with Gasteiger partial charge in [0.2, 0.25) is 0 Å². The minimum Gasteiger partial charge on any atom is -0.449 e. The van der Waals surface area contributed by atoms with Crippen molar-refractivity contribution >= 4 is 51.0 Å². The van der Waals surface area contributed by atoms with Crippen LogP contribution in [0.1, 0.15) is 18.2 Å². The minimum atomic E-state index is -0.918. The van der Waals surface area contributed by atoms with Crippen molar-refractivity contribution in [1.82, 2.24) is 4.90 Å². The van der Waals surface area contributed by atoms with E-state index in [-0.39, 0.29) is 12.3 Å². The number of nitriles is 1. The van der Waals surface area contributed by atoms with Crippen molar-refractivity contribution in [2.45, 2.75) is 19.4 Å². The van der Waals surface area contributed by atoms with E-state index in [1.807, 2.05) is 30.3 Å². The first-order valence-corrected chi connectivity index (χ1v) is 8.81. The molecule has 0 unspecified atom stereocenters. The molecule has 0 bridgehead atoms. The monoisotopic (exact) mass is 376 g/mol. The number of nitrogens with zero attached hydrogens (tertiary/aromatic N) is 2. The number of thiophene rings is 1. The van der Waals surface area contributed by atoms with Gasteiger partial charge in [-0.2, -0.15) is 5.26 Å². The minimum absolute atomic E-state index is 0.229. The molecule has 0 spiro atoms. The smallest absolute Gasteiger partial charge is 0.331 e. The van der Waals surface area contributed by atoms with Crippen LogP contribution in [-0.4, -0.2) is 36.5 Å². The van der Waals surface area contributed by atoms with Crippen LogP contribution in [0, 0.1) is 11.3 Å². The molecular weight excluding hydrogens is 360 g/mol. The molecule has 0 N–H and O–H groups in total. The van der Waals surface area contributed by atoms with Gasteiger partial charge in [0.25, 0.3) is 5.91 Å². The Kier molecular flexibility index (Phi) is 6.57. The van der Waals surface area contributed by atoms with Crippen LogP contribution in [0.3, 0.4) is 0 Å². The van der Waals surface area contributed by atoms with Gasteiger partial charge >= 0.3 is 5.97 Å². The molecular formula is C18H17ClN2O3S. The highest BCUT2D eigenvalue weighted by Gasteiger charge is 2.20. The molecule has 7 heteroatoms. The van der Waals surface area contributed by atoms with Gasteiger partial charge in [-0.15, -0.1) is 11.3 Å². The maximum absolute atomic E-state index is 12.0. The number of carbonyl (C=O) groups is 2. The molecule has 5 nitrogen and oxygen atoms in total. The van der Waals surface area contributed by atoms with Gasteiger partial charge in [-0.3, -0.25) is 4.79 Å². The molecule has 2 rings (SSSR count). The number of ether oxygens (including phenoxy) is 1. The fraction of sp³-hybridized carbons (Fsp3) is 0.278. The molecule has 0 saturated heterocycles. The van der Waals surface area contributed by atoms with E-state index >= 15 is 0 Å². The molecule has 0 aliphatic rings. The van der Waals surface area contributed by atoms with Crippen molar-refractivity contribution in [2.24, 2.45) is 0 Å². The summed E-state index contributed by atoms with van der Waals surface area (Å²) in [5.74, 6) is -0.972. The number of hydrogen-bond acceptors (Lipinski definition) is 5. The number of esters is 1. The third kappa shape index (κ3) is 4.81. The number of hydrogen-bond donors (Lipinski definition) is 0. The van der Waals surface area contributed by atoms with Gasteiger partial charge in [0.1, 0.15) is 0 Å². The SMILES string of the molecule is C[C@H](OC(=O)/C=C/c1sc2ccccc2c1Cl)C(=O)N(C)CCC#N. The molecule has 1 aromatic carbocycles. The molecule has 2 aromatic rings. The largest absolute Gasteiger partial charge is 0.449 e. The molecule has 130 valence electrons. The van der Waals surface area contributed by atoms with Gasteiger partial charge in [-0.1, -0.05) is 29.8 Å². The number of halogens is 1. The second kappa shape index (κ2) is 8.65. The predicted molar refractivity (Wildman–Crippen MR) is 99.3 cm³/mol. The van der Waals surface area contributed by atoms with Gasteiger partial charge < -0.3 is 9.64 Å². The van der Waals surface area contributed by atoms with Crippen LogP contribution in [-0.2, 0) is 14.3 Å². The molecule has 0 fully saturated rings. The standard InChI is InChI=1S/C18H17ClN2O3S/c1-12(18(23)21(2)11-5-10-20)24-16(22)9-8-15-17(19)13-6-3-4-7-14(13)25-15/h3-4,6-9,12H,5,11H2,1-2H3/b9-8+/t12-/m0/s1. The number of benzene rings is 1. The third-order valence-corrected chi connectivity index (χ3v) is 5.16. The fourth-order valence-electron chi connectivity index (χ4n) is 2.19. The van der Waals surface area contributed by atoms with E-state index < -0.39 is 12.1 Å². The molecule has 0 aliphatic carbocycles. The summed E-state index contributed by atoms with van der Waals surface area (Å²) in [6.45, 7) is 1.80. The first kappa shape index (κ1) is 19.0. The van der Waals surface area contributed by atoms with E-state index in [0.29, 0.717) is 11.6 Å². The van der Waals surface area contributed by atoms with Gasteiger partial charge in [0.15, 0.2) is 6.10 Å². The number of amides is 1. The average molecular weight is 377 g/mol. The van der Waals surface area contributed by atoms with Crippen molar-refractivity contribution in [3.63, 3.8) is 0 Å². The fourth-order valence-corrected chi connectivity index (χ4v) is 3.58. The Morgan fingerprint density at radius 2 is 2.16 bits per heavy atom. The van der Waals surface area contributed by atoms with Crippen LogP contribution in [0.15, 0.2) is 30.3 Å². The van der Waals surface area contributed by atoms with Gasteiger partial charge in [0, 0.05) is 34.6 Å². The maximum atomic E-state index is 12.0. The first-order chi connectivity index (χ1) is 11.9. The van der Waals surface area contributed by atoms with Gasteiger partial charge in [-0.25, -0.2) is 4.79 Å². The third-order valence-electron chi connectivity index (χ3n) is 3.51. The predicted octanol–water partition coefficient (Wildman–Crippen LogP) is 3.87. The van der Waals surface area contributed by atoms with Crippen molar-refractivity contribution in [3.05, 3.63) is 40.2 Å². The molecule has 0 saturated carbocycles. The Balaban J connectivity index is 1.99. The van der Waals surface area contributed by atoms with Gasteiger partial charge in [0.05, 0.1) is 17.5 Å². The average Bonchev–Trinajstić information content (AvgIpc) is 2.93. The molecule has 0 aliphatic heterocycles. The van der Waals surface area contributed by atoms with Crippen LogP contribution in [0.4, 0.5) is 0 Å². The highest BCUT2D eigenvalue weighted by atomic mass is 35.5. The van der Waals surface area contributed by atoms with Crippen LogP contribution >= 0.6 is 22.9 Å². The topological polar surface area (TPSA) is 70.4 Å². The summed E-state index contributed by atoms with van der Waals surface area (Å²) >= 11 is 7.78. The Bertz CT molecular complexity index is 854. The van der Waals surface area contributed by atoms with Crippen LogP contribution in [0.2, 0.25) is 5.02 Å². The summed E-state index contributed by atoms with van der Waals surface area (Å²) in [5.41, 5.74) is 0. The van der Waals surface area contributed by atoms with Crippen molar-refractivity contribution < 1.29 is 14.3 Å². The second-order valence-corrected chi connectivity index (χ2v) is 6.82. The molecule has 0 radical (unpaired) electrons. The summed E-state index contributed by atoms with van der Waals surface area (Å²) in [5, 5.41) is 10.1. The maximum Gasteiger partial charge on any atom is 0.331 e. The van der Waals surface area contributed by atoms with Crippen molar-refractivity contribution in [3.8, 4) is 6.07 Å². The zero-order valence-electron chi connectivity index (χ0n) is 13.9. The Hall–Kier alpha value is -2.36. The van der Waals surface area contributed by atoms with Crippen molar-refractivity contribution in [2.75, 3.05) is 13.6 Å². The normalized spacial score (nSPS) is 12.1. The number of carbonyl (C=O) groups excluding carboxylic acids is 2. The molecule has 1 aromatic heterocycles. The number of likely N-dealkylation sites (N-methyl/N-ethyl adjacent to an activating group) is 1. The highest BCUT2D eigenvalue weighted by molar-refractivity contribution is 7.20. The van der Waals surface area contributed by atoms with Gasteiger partial charge in [-0.05, 0) is 19.1 Å². The lowest BCUT2D eigenvalue weighted by atomic mass is 10.2. The van der Waals surface area contributed by atoms with Crippen LogP contribution < -0.4 is 0 Å². The summed E-state index contributed by atoms with van der Waals surface area (Å²) in [6, 6.07) is 9.66. The molecule has 1 atom stereocenters. The van der Waals surface area contributed by atoms with Crippen LogP contribution in [0.5, 0.6) is 0 Å². The lowest BCUT2D eigenvalue weighted by molar-refractivity contribution is -0.154. The number of rotatable bonds is 6. The Labute approximate surface area is 155 Å². The van der Waals surface area contributed by atoms with E-state index in [1.54, 1.807) is 13.1 Å². The summed E-state index contributed by atoms with van der Waals surface area (Å²) < 4.78 is 6.14. The quantitative estimate of drug-likeness (QED) is 0.566. The zero-order valence-corrected chi connectivity index (χ0v) is 15.4. The highest BCUT2D eigenvalue weighted by Crippen LogP contribution is 2.35. The summed E-state index contributed by atoms with van der Waals surface area (Å²) in [7, 11) is 1.57. The molecule has 1 heterocycles. The van der Waals surface area contributed by atoms with E-state index in [2.05, 4.69) is 0 Å². The Morgan fingerprint density at radius 1 is 1.44 bits per heavy atom. The lowest BCUT2D eigenvalue weighted by Gasteiger charge is -2.19. The van der Waals surface area contributed by atoms with E-state index in [1.165, 1.54) is 29.2 Å². The van der Waals surface area contributed by atoms with Crippen LogP contribution in [0.25, 0.3) is 16.2 Å². The van der Waals surface area contributed by atoms with E-state index in [9.17, 15) is 9.59 Å². The van der Waals surface area contributed by atoms with E-state index in [4.69, 9.17) is 21.6 Å². The summed E-state index contributed by atoms with van der Waals surface area (Å²) in [4.78, 5) is 26.1. The van der Waals surface area contributed by atoms with E-state index in [0.717, 1.165) is 15.0 Å². The lowest BCUT2D eigenvalue weighted by Crippen LogP contribution is -2.37. The molecule has 25 heavy (non-hydrogen) atoms. The van der Waals surface area contributed by atoms with Crippen molar-refractivity contribution in [1.29, 1.82) is 5.26 Å². The number of fused-ring (bicyclic) bond motifs is 1. The molecule has 1 amide bonds. The Morgan fingerprint density at radius 3 is 2.84 bits per heavy atom. The second-order valence-electron chi connectivity index (χ2n) is 5.36. The first-order valence-electron chi connectivity index (χ1n) is 7.61. The summed E-state index contributed by atoms with van der Waals surface area (Å²) in [6.07, 6.45) is 2.16.